The quantitative estimate of drug-likeness (QED) is 0.702. The number of benzene rings is 2. The molecule has 0 saturated carbocycles. The van der Waals surface area contributed by atoms with Crippen molar-refractivity contribution >= 4 is 27.2 Å². The van der Waals surface area contributed by atoms with Gasteiger partial charge in [0.25, 0.3) is 0 Å². The molecule has 1 unspecified atom stereocenters. The second kappa shape index (κ2) is 8.33. The molecule has 1 aliphatic rings. The number of Topliss-reactive ketones (excluding diaryl/α,β-unsaturated/α-hetero) is 1. The molecule has 0 aliphatic carbocycles. The van der Waals surface area contributed by atoms with Crippen molar-refractivity contribution in [3.63, 3.8) is 0 Å². The van der Waals surface area contributed by atoms with E-state index in [4.69, 9.17) is 11.6 Å². The summed E-state index contributed by atoms with van der Waals surface area (Å²) in [7, 11) is -3.81. The molecule has 1 fully saturated rings. The first-order chi connectivity index (χ1) is 12.5. The standard InChI is InChI=1S/C20H22ClNO3S/c21-17-9-11-18(12-10-17)26(24,25)19(15-22-13-5-2-6-14-22)20(23)16-7-3-1-4-8-16/h1,3-4,7-12,19H,2,5-6,13-15H2. The molecule has 0 amide bonds. The predicted molar refractivity (Wildman–Crippen MR) is 103 cm³/mol. The zero-order valence-corrected chi connectivity index (χ0v) is 16.0. The lowest BCUT2D eigenvalue weighted by Gasteiger charge is -2.29. The highest BCUT2D eigenvalue weighted by Gasteiger charge is 2.36. The van der Waals surface area contributed by atoms with Crippen molar-refractivity contribution in [2.45, 2.75) is 29.4 Å². The van der Waals surface area contributed by atoms with Gasteiger partial charge in [-0.15, -0.1) is 0 Å². The highest BCUT2D eigenvalue weighted by atomic mass is 35.5. The fourth-order valence-electron chi connectivity index (χ4n) is 3.28. The molecule has 1 atom stereocenters. The second-order valence-corrected chi connectivity index (χ2v) is 9.15. The van der Waals surface area contributed by atoms with Crippen LogP contribution in [0.3, 0.4) is 0 Å². The van der Waals surface area contributed by atoms with Crippen molar-refractivity contribution in [3.05, 3.63) is 65.2 Å². The number of hydrogen-bond acceptors (Lipinski definition) is 4. The molecule has 138 valence electrons. The van der Waals surface area contributed by atoms with E-state index in [1.165, 1.54) is 12.1 Å². The van der Waals surface area contributed by atoms with Crippen molar-refractivity contribution in [2.75, 3.05) is 19.6 Å². The number of halogens is 1. The van der Waals surface area contributed by atoms with E-state index in [1.54, 1.807) is 36.4 Å². The lowest BCUT2D eigenvalue weighted by atomic mass is 10.1. The Morgan fingerprint density at radius 3 is 2.19 bits per heavy atom. The minimum absolute atomic E-state index is 0.133. The number of carbonyl (C=O) groups is 1. The maximum atomic E-state index is 13.2. The first-order valence-electron chi connectivity index (χ1n) is 8.79. The second-order valence-electron chi connectivity index (χ2n) is 6.58. The molecule has 2 aromatic rings. The third-order valence-electron chi connectivity index (χ3n) is 4.74. The summed E-state index contributed by atoms with van der Waals surface area (Å²) in [4.78, 5) is 15.3. The van der Waals surface area contributed by atoms with Gasteiger partial charge in [0.15, 0.2) is 15.6 Å². The van der Waals surface area contributed by atoms with Crippen LogP contribution in [0.25, 0.3) is 0 Å². The van der Waals surface area contributed by atoms with Crippen LogP contribution in [0.15, 0.2) is 59.5 Å². The molecular formula is C20H22ClNO3S. The van der Waals surface area contributed by atoms with Crippen LogP contribution >= 0.6 is 11.6 Å². The number of nitrogens with zero attached hydrogens (tertiary/aromatic N) is 1. The Hall–Kier alpha value is -1.69. The molecular weight excluding hydrogens is 370 g/mol. The van der Waals surface area contributed by atoms with E-state index in [1.807, 2.05) is 6.07 Å². The van der Waals surface area contributed by atoms with Crippen LogP contribution in [-0.4, -0.2) is 44.0 Å². The molecule has 0 bridgehead atoms. The average Bonchev–Trinajstić information content (AvgIpc) is 2.67. The normalized spacial score (nSPS) is 17.0. The van der Waals surface area contributed by atoms with Crippen molar-refractivity contribution in [1.29, 1.82) is 0 Å². The number of piperidine rings is 1. The van der Waals surface area contributed by atoms with Gasteiger partial charge in [0.1, 0.15) is 5.25 Å². The molecule has 3 rings (SSSR count). The predicted octanol–water partition coefficient (Wildman–Crippen LogP) is 3.85. The van der Waals surface area contributed by atoms with Gasteiger partial charge < -0.3 is 4.90 Å². The lowest BCUT2D eigenvalue weighted by molar-refractivity contribution is 0.0963. The molecule has 0 N–H and O–H groups in total. The molecule has 0 spiro atoms. The largest absolute Gasteiger partial charge is 0.302 e. The summed E-state index contributed by atoms with van der Waals surface area (Å²) in [5, 5.41) is -0.657. The number of carbonyl (C=O) groups excluding carboxylic acids is 1. The lowest BCUT2D eigenvalue weighted by Crippen LogP contribution is -2.44. The molecule has 0 radical (unpaired) electrons. The van der Waals surface area contributed by atoms with Gasteiger partial charge in [-0.2, -0.15) is 0 Å². The number of sulfone groups is 1. The van der Waals surface area contributed by atoms with Crippen LogP contribution in [-0.2, 0) is 9.84 Å². The highest BCUT2D eigenvalue weighted by Crippen LogP contribution is 2.23. The molecule has 6 heteroatoms. The molecule has 4 nitrogen and oxygen atoms in total. The van der Waals surface area contributed by atoms with Gasteiger partial charge >= 0.3 is 0 Å². The first-order valence-corrected chi connectivity index (χ1v) is 10.7. The summed E-state index contributed by atoms with van der Waals surface area (Å²) in [5.41, 5.74) is 0.423. The molecule has 26 heavy (non-hydrogen) atoms. The van der Waals surface area contributed by atoms with E-state index >= 15 is 0 Å². The monoisotopic (exact) mass is 391 g/mol. The summed E-state index contributed by atoms with van der Waals surface area (Å²) in [6, 6.07) is 14.7. The zero-order chi connectivity index (χ0) is 18.6. The summed E-state index contributed by atoms with van der Waals surface area (Å²) >= 11 is 5.89. The summed E-state index contributed by atoms with van der Waals surface area (Å²) in [6.07, 6.45) is 3.22. The van der Waals surface area contributed by atoms with E-state index in [0.29, 0.717) is 10.6 Å². The third-order valence-corrected chi connectivity index (χ3v) is 7.03. The number of likely N-dealkylation sites (tertiary alicyclic amines) is 1. The van der Waals surface area contributed by atoms with Crippen molar-refractivity contribution in [1.82, 2.24) is 4.90 Å². The fraction of sp³-hybridized carbons (Fsp3) is 0.350. The number of ketones is 1. The summed E-state index contributed by atoms with van der Waals surface area (Å²) in [6.45, 7) is 1.88. The number of hydrogen-bond donors (Lipinski definition) is 0. The van der Waals surface area contributed by atoms with E-state index in [0.717, 1.165) is 32.4 Å². The van der Waals surface area contributed by atoms with Crippen molar-refractivity contribution in [2.24, 2.45) is 0 Å². The van der Waals surface area contributed by atoms with Crippen LogP contribution in [0.2, 0.25) is 5.02 Å². The molecule has 2 aromatic carbocycles. The van der Waals surface area contributed by atoms with E-state index in [-0.39, 0.29) is 17.2 Å². The summed E-state index contributed by atoms with van der Waals surface area (Å²) in [5.74, 6) is -0.355. The van der Waals surface area contributed by atoms with Crippen LogP contribution in [0, 0.1) is 0 Å². The molecule has 1 saturated heterocycles. The van der Waals surface area contributed by atoms with Crippen molar-refractivity contribution < 1.29 is 13.2 Å². The number of rotatable bonds is 6. The Morgan fingerprint density at radius 1 is 0.962 bits per heavy atom. The van der Waals surface area contributed by atoms with Gasteiger partial charge in [0.2, 0.25) is 0 Å². The van der Waals surface area contributed by atoms with Gasteiger partial charge in [-0.3, -0.25) is 4.79 Å². The van der Waals surface area contributed by atoms with E-state index < -0.39 is 15.1 Å². The average molecular weight is 392 g/mol. The van der Waals surface area contributed by atoms with E-state index in [2.05, 4.69) is 4.90 Å². The van der Waals surface area contributed by atoms with E-state index in [9.17, 15) is 13.2 Å². The third kappa shape index (κ3) is 4.34. The van der Waals surface area contributed by atoms with Crippen LogP contribution in [0.4, 0.5) is 0 Å². The minimum Gasteiger partial charge on any atom is -0.302 e. The van der Waals surface area contributed by atoms with Crippen LogP contribution in [0.5, 0.6) is 0 Å². The zero-order valence-electron chi connectivity index (χ0n) is 14.5. The molecule has 1 aliphatic heterocycles. The molecule has 0 aromatic heterocycles. The van der Waals surface area contributed by atoms with Crippen molar-refractivity contribution in [3.8, 4) is 0 Å². The maximum Gasteiger partial charge on any atom is 0.189 e. The van der Waals surface area contributed by atoms with Gasteiger partial charge in [-0.05, 0) is 50.2 Å². The topological polar surface area (TPSA) is 54.5 Å². The van der Waals surface area contributed by atoms with Gasteiger partial charge in [0, 0.05) is 17.1 Å². The van der Waals surface area contributed by atoms with Gasteiger partial charge in [-0.1, -0.05) is 48.4 Å². The SMILES string of the molecule is O=C(c1ccccc1)C(CN1CCCCC1)S(=O)(=O)c1ccc(Cl)cc1. The first kappa shape index (κ1) is 19.1. The highest BCUT2D eigenvalue weighted by molar-refractivity contribution is 7.92. The van der Waals surface area contributed by atoms with Crippen LogP contribution < -0.4 is 0 Å². The Labute approximate surface area is 159 Å². The minimum atomic E-state index is -3.81. The van der Waals surface area contributed by atoms with Gasteiger partial charge in [-0.25, -0.2) is 8.42 Å². The molecule has 1 heterocycles. The Bertz CT molecular complexity index is 844. The van der Waals surface area contributed by atoms with Gasteiger partial charge in [0.05, 0.1) is 4.90 Å². The smallest absolute Gasteiger partial charge is 0.189 e. The Kier molecular flexibility index (Phi) is 6.12. The summed E-state index contributed by atoms with van der Waals surface area (Å²) < 4.78 is 26.5. The maximum absolute atomic E-state index is 13.2. The Morgan fingerprint density at radius 2 is 1.58 bits per heavy atom. The van der Waals surface area contributed by atoms with Crippen LogP contribution in [0.1, 0.15) is 29.6 Å². The Balaban J connectivity index is 1.95. The fourth-order valence-corrected chi connectivity index (χ4v) is 5.07.